The molecular formula is C21H33N3O2S. The topological polar surface area (TPSA) is 46.1 Å². The minimum absolute atomic E-state index is 0.309. The van der Waals surface area contributed by atoms with E-state index < -0.39 is 0 Å². The summed E-state index contributed by atoms with van der Waals surface area (Å²) < 4.78 is 11.9. The third-order valence-corrected chi connectivity index (χ3v) is 6.10. The van der Waals surface area contributed by atoms with Crippen LogP contribution >= 0.6 is 11.8 Å². The molecule has 1 atom stereocenters. The van der Waals surface area contributed by atoms with Gasteiger partial charge in [-0.15, -0.1) is 11.8 Å². The van der Waals surface area contributed by atoms with Gasteiger partial charge in [-0.2, -0.15) is 0 Å². The van der Waals surface area contributed by atoms with E-state index >= 15 is 0 Å². The van der Waals surface area contributed by atoms with E-state index in [2.05, 4.69) is 45.7 Å². The Morgan fingerprint density at radius 1 is 1.22 bits per heavy atom. The number of thioether (sulfide) groups is 1. The third-order valence-electron chi connectivity index (χ3n) is 5.35. The number of hydrogen-bond acceptors (Lipinski definition) is 4. The van der Waals surface area contributed by atoms with Crippen molar-refractivity contribution in [3.8, 4) is 0 Å². The molecular weight excluding hydrogens is 358 g/mol. The van der Waals surface area contributed by atoms with Crippen LogP contribution in [-0.4, -0.2) is 62.7 Å². The molecule has 5 nitrogen and oxygen atoms in total. The minimum atomic E-state index is 0.309. The smallest absolute Gasteiger partial charge is 0.193 e. The molecule has 0 spiro atoms. The van der Waals surface area contributed by atoms with E-state index in [1.807, 2.05) is 7.05 Å². The van der Waals surface area contributed by atoms with Gasteiger partial charge in [0.15, 0.2) is 5.96 Å². The van der Waals surface area contributed by atoms with Gasteiger partial charge < -0.3 is 19.7 Å². The van der Waals surface area contributed by atoms with Crippen molar-refractivity contribution < 1.29 is 9.47 Å². The summed E-state index contributed by atoms with van der Waals surface area (Å²) >= 11 is 1.77. The average Bonchev–Trinajstić information content (AvgIpc) is 2.74. The summed E-state index contributed by atoms with van der Waals surface area (Å²) in [7, 11) is 1.86. The van der Waals surface area contributed by atoms with Gasteiger partial charge in [0, 0.05) is 38.2 Å². The Bertz CT molecular complexity index is 580. The lowest BCUT2D eigenvalue weighted by atomic mass is 10.1. The van der Waals surface area contributed by atoms with Gasteiger partial charge in [-0.3, -0.25) is 4.99 Å². The van der Waals surface area contributed by atoms with Crippen LogP contribution in [-0.2, 0) is 16.0 Å². The molecule has 0 saturated carbocycles. The molecule has 2 fully saturated rings. The number of likely N-dealkylation sites (tertiary alicyclic amines) is 1. The Hall–Kier alpha value is -1.24. The van der Waals surface area contributed by atoms with Crippen molar-refractivity contribution in [2.45, 2.75) is 55.8 Å². The number of piperidine rings is 1. The highest BCUT2D eigenvalue weighted by molar-refractivity contribution is 7.98. The summed E-state index contributed by atoms with van der Waals surface area (Å²) in [4.78, 5) is 8.11. The molecule has 2 aliphatic rings. The minimum Gasteiger partial charge on any atom is -0.376 e. The van der Waals surface area contributed by atoms with E-state index in [-0.39, 0.29) is 0 Å². The van der Waals surface area contributed by atoms with Crippen LogP contribution in [0.1, 0.15) is 37.7 Å². The SMILES string of the molecule is CN=C(NCc1ccc(SC)cc1)N1CCC(OCC2CCCCO2)CC1. The summed E-state index contributed by atoms with van der Waals surface area (Å²) in [5.74, 6) is 0.984. The fourth-order valence-electron chi connectivity index (χ4n) is 3.67. The fraction of sp³-hybridized carbons (Fsp3) is 0.667. The second-order valence-electron chi connectivity index (χ2n) is 7.26. The number of ether oxygens (including phenoxy) is 2. The van der Waals surface area contributed by atoms with Crippen LogP contribution in [0.25, 0.3) is 0 Å². The second-order valence-corrected chi connectivity index (χ2v) is 8.14. The fourth-order valence-corrected chi connectivity index (χ4v) is 4.08. The Balaban J connectivity index is 1.38. The molecule has 0 aliphatic carbocycles. The molecule has 0 aromatic heterocycles. The van der Waals surface area contributed by atoms with Crippen molar-refractivity contribution in [1.82, 2.24) is 10.2 Å². The molecule has 2 aliphatic heterocycles. The lowest BCUT2D eigenvalue weighted by Gasteiger charge is -2.35. The third kappa shape index (κ3) is 6.40. The molecule has 6 heteroatoms. The summed E-state index contributed by atoms with van der Waals surface area (Å²) in [5, 5.41) is 3.50. The van der Waals surface area contributed by atoms with Crippen molar-refractivity contribution in [2.75, 3.05) is 39.6 Å². The maximum absolute atomic E-state index is 6.12. The molecule has 2 saturated heterocycles. The molecule has 2 heterocycles. The van der Waals surface area contributed by atoms with Crippen LogP contribution in [0.4, 0.5) is 0 Å². The summed E-state index contributed by atoms with van der Waals surface area (Å²) in [5.41, 5.74) is 1.28. The zero-order valence-corrected chi connectivity index (χ0v) is 17.5. The predicted molar refractivity (Wildman–Crippen MR) is 113 cm³/mol. The first kappa shape index (κ1) is 20.5. The summed E-state index contributed by atoms with van der Waals surface area (Å²) in [6.45, 7) is 4.43. The van der Waals surface area contributed by atoms with Crippen molar-refractivity contribution in [3.05, 3.63) is 29.8 Å². The quantitative estimate of drug-likeness (QED) is 0.457. The van der Waals surface area contributed by atoms with Crippen LogP contribution < -0.4 is 5.32 Å². The van der Waals surface area contributed by atoms with Crippen LogP contribution in [0, 0.1) is 0 Å². The van der Waals surface area contributed by atoms with Gasteiger partial charge in [0.1, 0.15) is 0 Å². The van der Waals surface area contributed by atoms with Crippen LogP contribution in [0.2, 0.25) is 0 Å². The molecule has 1 aromatic carbocycles. The molecule has 0 radical (unpaired) electrons. The zero-order chi connectivity index (χ0) is 18.9. The predicted octanol–water partition coefficient (Wildman–Crippen LogP) is 3.53. The van der Waals surface area contributed by atoms with E-state index in [4.69, 9.17) is 9.47 Å². The van der Waals surface area contributed by atoms with Gasteiger partial charge in [-0.1, -0.05) is 12.1 Å². The lowest BCUT2D eigenvalue weighted by molar-refractivity contribution is -0.0721. The molecule has 0 amide bonds. The Morgan fingerprint density at radius 3 is 2.63 bits per heavy atom. The van der Waals surface area contributed by atoms with E-state index in [0.29, 0.717) is 12.2 Å². The Labute approximate surface area is 167 Å². The summed E-state index contributed by atoms with van der Waals surface area (Å²) in [6.07, 6.45) is 8.48. The normalized spacial score (nSPS) is 22.1. The standard InChI is InChI=1S/C21H33N3O2S/c1-22-21(23-15-17-6-8-20(27-2)9-7-17)24-12-10-18(11-13-24)26-16-19-5-3-4-14-25-19/h6-9,18-19H,3-5,10-16H2,1-2H3,(H,22,23). The highest BCUT2D eigenvalue weighted by atomic mass is 32.2. The number of nitrogens with one attached hydrogen (secondary N) is 1. The Kier molecular flexibility index (Phi) is 8.30. The number of nitrogens with zero attached hydrogens (tertiary/aromatic N) is 2. The van der Waals surface area contributed by atoms with Crippen LogP contribution in [0.5, 0.6) is 0 Å². The molecule has 150 valence electrons. The van der Waals surface area contributed by atoms with E-state index in [0.717, 1.165) is 58.1 Å². The maximum atomic E-state index is 6.12. The van der Waals surface area contributed by atoms with Crippen molar-refractivity contribution in [2.24, 2.45) is 4.99 Å². The summed E-state index contributed by atoms with van der Waals surface area (Å²) in [6, 6.07) is 8.70. The first-order chi connectivity index (χ1) is 13.3. The first-order valence-electron chi connectivity index (χ1n) is 10.1. The van der Waals surface area contributed by atoms with Gasteiger partial charge >= 0.3 is 0 Å². The number of guanidine groups is 1. The molecule has 1 aromatic rings. The molecule has 0 bridgehead atoms. The molecule has 27 heavy (non-hydrogen) atoms. The van der Waals surface area contributed by atoms with Gasteiger partial charge in [0.2, 0.25) is 0 Å². The lowest BCUT2D eigenvalue weighted by Crippen LogP contribution is -2.47. The number of aliphatic imine (C=N–C) groups is 1. The van der Waals surface area contributed by atoms with Gasteiger partial charge in [-0.05, 0) is 56.1 Å². The van der Waals surface area contributed by atoms with Gasteiger partial charge in [0.25, 0.3) is 0 Å². The van der Waals surface area contributed by atoms with Crippen molar-refractivity contribution in [1.29, 1.82) is 0 Å². The molecule has 3 rings (SSSR count). The van der Waals surface area contributed by atoms with E-state index in [9.17, 15) is 0 Å². The number of rotatable bonds is 6. The second kappa shape index (κ2) is 10.9. The van der Waals surface area contributed by atoms with Gasteiger partial charge in [-0.25, -0.2) is 0 Å². The highest BCUT2D eigenvalue weighted by Crippen LogP contribution is 2.18. The number of benzene rings is 1. The highest BCUT2D eigenvalue weighted by Gasteiger charge is 2.23. The average molecular weight is 392 g/mol. The Morgan fingerprint density at radius 2 is 2.00 bits per heavy atom. The molecule has 1 unspecified atom stereocenters. The maximum Gasteiger partial charge on any atom is 0.193 e. The number of hydrogen-bond donors (Lipinski definition) is 1. The van der Waals surface area contributed by atoms with E-state index in [1.165, 1.54) is 23.3 Å². The monoisotopic (exact) mass is 391 g/mol. The first-order valence-corrected chi connectivity index (χ1v) is 11.3. The zero-order valence-electron chi connectivity index (χ0n) is 16.7. The van der Waals surface area contributed by atoms with Crippen LogP contribution in [0.3, 0.4) is 0 Å². The van der Waals surface area contributed by atoms with Crippen LogP contribution in [0.15, 0.2) is 34.2 Å². The largest absolute Gasteiger partial charge is 0.376 e. The van der Waals surface area contributed by atoms with E-state index in [1.54, 1.807) is 11.8 Å². The van der Waals surface area contributed by atoms with Crippen molar-refractivity contribution in [3.63, 3.8) is 0 Å². The molecule has 1 N–H and O–H groups in total. The van der Waals surface area contributed by atoms with Crippen molar-refractivity contribution >= 4 is 17.7 Å². The van der Waals surface area contributed by atoms with Gasteiger partial charge in [0.05, 0.1) is 18.8 Å².